The zero-order chi connectivity index (χ0) is 9.64. The number of hydrogen-bond donors (Lipinski definition) is 1. The molecule has 1 aromatic heterocycles. The number of hydrogen-bond acceptors (Lipinski definition) is 4. The van der Waals surface area contributed by atoms with Gasteiger partial charge in [-0.25, -0.2) is 0 Å². The van der Waals surface area contributed by atoms with Gasteiger partial charge in [-0.2, -0.15) is 8.42 Å². The molecule has 0 bridgehead atoms. The third-order valence-electron chi connectivity index (χ3n) is 1.38. The molecular formula is C5H2Cl2N2O2S2. The molecule has 0 atom stereocenters. The smallest absolute Gasteiger partial charge is 0.296 e. The Kier molecular flexibility index (Phi) is 2.03. The summed E-state index contributed by atoms with van der Waals surface area (Å²) in [5.41, 5.74) is 0.312. The van der Waals surface area contributed by atoms with Gasteiger partial charge >= 0.3 is 0 Å². The summed E-state index contributed by atoms with van der Waals surface area (Å²) in [6.07, 6.45) is 0. The molecule has 0 fully saturated rings. The largest absolute Gasteiger partial charge is 0.327 e. The first kappa shape index (κ1) is 9.26. The molecule has 0 aliphatic carbocycles. The number of nitrogens with one attached hydrogen (secondary N) is 1. The first-order valence-corrected chi connectivity index (χ1v) is 6.13. The average Bonchev–Trinajstić information content (AvgIpc) is 2.31. The van der Waals surface area contributed by atoms with Crippen molar-refractivity contribution in [3.05, 3.63) is 10.4 Å². The van der Waals surface area contributed by atoms with E-state index in [2.05, 4.69) is 9.71 Å². The molecule has 1 N–H and O–H groups in total. The summed E-state index contributed by atoms with van der Waals surface area (Å²) in [6.45, 7) is 0. The molecule has 13 heavy (non-hydrogen) atoms. The monoisotopic (exact) mass is 256 g/mol. The maximum Gasteiger partial charge on any atom is 0.296 e. The van der Waals surface area contributed by atoms with Crippen LogP contribution in [0, 0.1) is 0 Å². The Balaban J connectivity index is 2.74. The molecule has 0 amide bonds. The van der Waals surface area contributed by atoms with E-state index in [0.717, 1.165) is 11.3 Å². The van der Waals surface area contributed by atoms with Gasteiger partial charge in [0.05, 0.1) is 10.7 Å². The topological polar surface area (TPSA) is 58.5 Å². The minimum atomic E-state index is -3.64. The highest BCUT2D eigenvalue weighted by Gasteiger charge is 2.27. The summed E-state index contributed by atoms with van der Waals surface area (Å²) in [5.74, 6) is 0. The van der Waals surface area contributed by atoms with Gasteiger partial charge in [-0.1, -0.05) is 11.6 Å². The van der Waals surface area contributed by atoms with Gasteiger partial charge in [-0.05, 0) is 11.6 Å². The zero-order valence-electron chi connectivity index (χ0n) is 5.91. The second-order valence-electron chi connectivity index (χ2n) is 2.23. The molecule has 0 aromatic carbocycles. The predicted octanol–water partition coefficient (Wildman–Crippen LogP) is 2.11. The molecule has 0 saturated carbocycles. The molecular weight excluding hydrogens is 255 g/mol. The van der Waals surface area contributed by atoms with Crippen LogP contribution in [0.1, 0.15) is 0 Å². The molecule has 1 aromatic rings. The number of nitrogens with zero attached hydrogens (tertiary/aromatic N) is 1. The fraction of sp³-hybridized carbons (Fsp3) is 0. The van der Waals surface area contributed by atoms with Gasteiger partial charge in [-0.3, -0.25) is 0 Å². The second kappa shape index (κ2) is 2.84. The van der Waals surface area contributed by atoms with Crippen LogP contribution in [-0.2, 0) is 10.0 Å². The van der Waals surface area contributed by atoms with E-state index >= 15 is 0 Å². The lowest BCUT2D eigenvalue weighted by Gasteiger charge is -2.10. The Morgan fingerprint density at radius 3 is 2.85 bits per heavy atom. The van der Waals surface area contributed by atoms with Crippen molar-refractivity contribution < 1.29 is 8.42 Å². The van der Waals surface area contributed by atoms with Crippen molar-refractivity contribution in [3.8, 4) is 0 Å². The Hall–Kier alpha value is -0.300. The molecule has 4 nitrogen and oxygen atoms in total. The van der Waals surface area contributed by atoms with Gasteiger partial charge in [0.15, 0.2) is 4.21 Å². The van der Waals surface area contributed by atoms with Crippen molar-refractivity contribution >= 4 is 55.5 Å². The molecule has 0 spiro atoms. The first-order valence-electron chi connectivity index (χ1n) is 3.05. The van der Waals surface area contributed by atoms with Gasteiger partial charge in [0.25, 0.3) is 10.0 Å². The number of anilines is 1. The van der Waals surface area contributed by atoms with E-state index in [9.17, 15) is 8.42 Å². The molecule has 70 valence electrons. The third kappa shape index (κ3) is 1.43. The van der Waals surface area contributed by atoms with Crippen LogP contribution in [0.15, 0.2) is 14.0 Å². The van der Waals surface area contributed by atoms with Crippen LogP contribution < -0.4 is 5.32 Å². The van der Waals surface area contributed by atoms with Crippen LogP contribution in [0.25, 0.3) is 0 Å². The summed E-state index contributed by atoms with van der Waals surface area (Å²) in [6, 6.07) is 0. The zero-order valence-corrected chi connectivity index (χ0v) is 9.06. The van der Waals surface area contributed by atoms with Crippen LogP contribution in [0.4, 0.5) is 5.69 Å². The van der Waals surface area contributed by atoms with E-state index in [0.29, 0.717) is 10.7 Å². The Morgan fingerprint density at radius 1 is 1.46 bits per heavy atom. The molecule has 8 heteroatoms. The highest BCUT2D eigenvalue weighted by molar-refractivity contribution is 7.92. The molecule has 0 saturated heterocycles. The number of rotatable bonds is 0. The number of thiophene rings is 1. The van der Waals surface area contributed by atoms with Crippen molar-refractivity contribution in [3.63, 3.8) is 0 Å². The minimum absolute atomic E-state index is 0.0990. The van der Waals surface area contributed by atoms with Crippen molar-refractivity contribution in [2.45, 2.75) is 4.21 Å². The molecule has 1 aliphatic heterocycles. The lowest BCUT2D eigenvalue weighted by atomic mass is 10.5. The fourth-order valence-corrected chi connectivity index (χ4v) is 3.76. The van der Waals surface area contributed by atoms with Crippen LogP contribution in [0.2, 0.25) is 5.02 Å². The number of fused-ring (bicyclic) bond motifs is 1. The van der Waals surface area contributed by atoms with Gasteiger partial charge < -0.3 is 5.32 Å². The van der Waals surface area contributed by atoms with Crippen molar-refractivity contribution in [2.75, 3.05) is 5.32 Å². The first-order chi connectivity index (χ1) is 6.00. The van der Waals surface area contributed by atoms with Crippen LogP contribution in [0.5, 0.6) is 0 Å². The van der Waals surface area contributed by atoms with Gasteiger partial charge in [0.1, 0.15) is 0 Å². The van der Waals surface area contributed by atoms with Crippen LogP contribution in [0.3, 0.4) is 0 Å². The van der Waals surface area contributed by atoms with E-state index < -0.39 is 10.0 Å². The molecule has 0 unspecified atom stereocenters. The van der Waals surface area contributed by atoms with E-state index in [4.69, 9.17) is 23.2 Å². The van der Waals surface area contributed by atoms with Gasteiger partial charge in [-0.15, -0.1) is 15.7 Å². The minimum Gasteiger partial charge on any atom is -0.327 e. The van der Waals surface area contributed by atoms with Crippen LogP contribution in [-0.4, -0.2) is 13.7 Å². The van der Waals surface area contributed by atoms with E-state index in [1.807, 2.05) is 0 Å². The number of sulfonamides is 1. The highest BCUT2D eigenvalue weighted by Crippen LogP contribution is 2.39. The van der Waals surface area contributed by atoms with E-state index in [1.54, 1.807) is 0 Å². The van der Waals surface area contributed by atoms with Gasteiger partial charge in [0, 0.05) is 5.38 Å². The van der Waals surface area contributed by atoms with Crippen LogP contribution >= 0.6 is 34.5 Å². The third-order valence-corrected chi connectivity index (χ3v) is 4.87. The van der Waals surface area contributed by atoms with Crippen molar-refractivity contribution in [1.29, 1.82) is 0 Å². The summed E-state index contributed by atoms with van der Waals surface area (Å²) in [7, 11) is -3.64. The summed E-state index contributed by atoms with van der Waals surface area (Å²) >= 11 is 12.2. The maximum absolute atomic E-state index is 11.3. The van der Waals surface area contributed by atoms with E-state index in [-0.39, 0.29) is 9.50 Å². The maximum atomic E-state index is 11.3. The predicted molar refractivity (Wildman–Crippen MR) is 53.4 cm³/mol. The normalized spacial score (nSPS) is 18.8. The Bertz CT molecular complexity index is 491. The Labute approximate surface area is 88.2 Å². The summed E-state index contributed by atoms with van der Waals surface area (Å²) < 4.78 is 26.0. The summed E-state index contributed by atoms with van der Waals surface area (Å²) in [4.78, 5) is 0. The van der Waals surface area contributed by atoms with E-state index in [1.165, 1.54) is 5.38 Å². The lowest BCUT2D eigenvalue weighted by Crippen LogP contribution is -2.14. The standard InChI is InChI=1S/C5H2Cl2N2O2S2/c6-2-1-12-4-3(2)8-5(7)9-13(4,10)11/h1H,(H,8,9). The molecule has 0 radical (unpaired) electrons. The average molecular weight is 257 g/mol. The lowest BCUT2D eigenvalue weighted by molar-refractivity contribution is 0.600. The molecule has 2 heterocycles. The summed E-state index contributed by atoms with van der Waals surface area (Å²) in [5, 5.41) is 4.24. The Morgan fingerprint density at radius 2 is 2.15 bits per heavy atom. The quantitative estimate of drug-likeness (QED) is 0.724. The second-order valence-corrected chi connectivity index (χ2v) is 5.67. The SMILES string of the molecule is O=S1(=O)N=C(Cl)Nc2c(Cl)csc21. The number of amidine groups is 1. The number of halogens is 2. The molecule has 2 rings (SSSR count). The van der Waals surface area contributed by atoms with Crippen molar-refractivity contribution in [2.24, 2.45) is 4.40 Å². The van der Waals surface area contributed by atoms with Crippen molar-refractivity contribution in [1.82, 2.24) is 0 Å². The fourth-order valence-electron chi connectivity index (χ4n) is 0.894. The molecule has 1 aliphatic rings. The van der Waals surface area contributed by atoms with Gasteiger partial charge in [0.2, 0.25) is 5.29 Å². The highest BCUT2D eigenvalue weighted by atomic mass is 35.5.